The molecule has 12 heteroatoms. The number of thiophene rings is 1. The van der Waals surface area contributed by atoms with Crippen LogP contribution in [0.4, 0.5) is 5.00 Å². The van der Waals surface area contributed by atoms with E-state index in [2.05, 4.69) is 26.4 Å². The van der Waals surface area contributed by atoms with E-state index < -0.39 is 0 Å². The van der Waals surface area contributed by atoms with Gasteiger partial charge in [-0.1, -0.05) is 30.0 Å². The average Bonchev–Trinajstić information content (AvgIpc) is 3.38. The highest BCUT2D eigenvalue weighted by Gasteiger charge is 2.25. The van der Waals surface area contributed by atoms with Crippen molar-refractivity contribution in [3.63, 3.8) is 0 Å². The van der Waals surface area contributed by atoms with Crippen molar-refractivity contribution in [2.75, 3.05) is 16.5 Å². The second-order valence-electron chi connectivity index (χ2n) is 7.77. The Kier molecular flexibility index (Phi) is 7.60. The summed E-state index contributed by atoms with van der Waals surface area (Å²) in [5, 5.41) is 12.6. The molecule has 0 fully saturated rings. The van der Waals surface area contributed by atoms with Crippen LogP contribution in [0.25, 0.3) is 0 Å². The maximum absolute atomic E-state index is 12.9. The Hall–Kier alpha value is -3.22. The van der Waals surface area contributed by atoms with Gasteiger partial charge in [-0.3, -0.25) is 25.2 Å². The molecule has 0 spiro atoms. The summed E-state index contributed by atoms with van der Waals surface area (Å²) in [6.07, 6.45) is 4.50. The molecule has 0 atom stereocenters. The number of anilines is 1. The largest absolute Gasteiger partial charge is 0.318 e. The number of thioether (sulfide) groups is 1. The molecule has 1 aromatic carbocycles. The van der Waals surface area contributed by atoms with Crippen LogP contribution < -0.4 is 22.0 Å². The van der Waals surface area contributed by atoms with Crippen LogP contribution in [-0.2, 0) is 28.9 Å². The molecule has 3 amide bonds. The van der Waals surface area contributed by atoms with Crippen LogP contribution in [0.15, 0.2) is 35.5 Å². The number of nitrogens with two attached hydrogens (primary N) is 1. The van der Waals surface area contributed by atoms with Gasteiger partial charge in [0.15, 0.2) is 5.82 Å². The topological polar surface area (TPSA) is 144 Å². The van der Waals surface area contributed by atoms with Crippen molar-refractivity contribution < 1.29 is 14.4 Å². The predicted molar refractivity (Wildman–Crippen MR) is 131 cm³/mol. The predicted octanol–water partition coefficient (Wildman–Crippen LogP) is 2.23. The molecule has 3 aromatic rings. The van der Waals surface area contributed by atoms with E-state index in [-0.39, 0.29) is 23.5 Å². The fourth-order valence-corrected chi connectivity index (χ4v) is 5.86. The van der Waals surface area contributed by atoms with Crippen molar-refractivity contribution in [2.24, 2.45) is 5.84 Å². The fourth-order valence-electron chi connectivity index (χ4n) is 3.79. The Morgan fingerprint density at radius 1 is 1.15 bits per heavy atom. The van der Waals surface area contributed by atoms with Crippen molar-refractivity contribution in [3.05, 3.63) is 57.7 Å². The zero-order valence-corrected chi connectivity index (χ0v) is 20.2. The Morgan fingerprint density at radius 3 is 2.65 bits per heavy atom. The van der Waals surface area contributed by atoms with E-state index in [0.29, 0.717) is 23.0 Å². The molecule has 0 bridgehead atoms. The lowest BCUT2D eigenvalue weighted by molar-refractivity contribution is -0.118. The highest BCUT2D eigenvalue weighted by molar-refractivity contribution is 7.99. The first-order valence-corrected chi connectivity index (χ1v) is 12.6. The van der Waals surface area contributed by atoms with E-state index in [9.17, 15) is 14.4 Å². The zero-order chi connectivity index (χ0) is 24.1. The Labute approximate surface area is 204 Å². The first-order valence-electron chi connectivity index (χ1n) is 10.8. The third kappa shape index (κ3) is 5.46. The van der Waals surface area contributed by atoms with Crippen LogP contribution in [0.1, 0.15) is 52.0 Å². The van der Waals surface area contributed by atoms with Crippen LogP contribution in [0.2, 0.25) is 0 Å². The van der Waals surface area contributed by atoms with Gasteiger partial charge in [-0.25, -0.2) is 10.5 Å². The molecule has 2 heterocycles. The highest BCUT2D eigenvalue weighted by Crippen LogP contribution is 2.39. The third-order valence-corrected chi connectivity index (χ3v) is 7.53. The van der Waals surface area contributed by atoms with Crippen LogP contribution >= 0.6 is 23.1 Å². The number of rotatable bonds is 8. The Balaban J connectivity index is 1.68. The molecule has 0 saturated carbocycles. The Bertz CT molecular complexity index is 1210. The van der Waals surface area contributed by atoms with E-state index in [0.717, 1.165) is 48.0 Å². The fraction of sp³-hybridized carbons (Fsp3) is 0.318. The van der Waals surface area contributed by atoms with Crippen LogP contribution in [-0.4, -0.2) is 38.3 Å². The molecule has 178 valence electrons. The second-order valence-corrected chi connectivity index (χ2v) is 9.82. The van der Waals surface area contributed by atoms with E-state index in [1.807, 2.05) is 6.07 Å². The van der Waals surface area contributed by atoms with E-state index in [4.69, 9.17) is 5.84 Å². The minimum absolute atomic E-state index is 0.0147. The molecule has 1 aliphatic rings. The zero-order valence-electron chi connectivity index (χ0n) is 18.6. The van der Waals surface area contributed by atoms with Gasteiger partial charge in [-0.15, -0.1) is 21.5 Å². The van der Waals surface area contributed by atoms with Gasteiger partial charge in [0.05, 0.1) is 10.8 Å². The summed E-state index contributed by atoms with van der Waals surface area (Å²) in [6.45, 7) is 1.49. The molecule has 10 nitrogen and oxygen atoms in total. The monoisotopic (exact) mass is 499 g/mol. The lowest BCUT2D eigenvalue weighted by atomic mass is 9.94. The van der Waals surface area contributed by atoms with Crippen LogP contribution in [0.5, 0.6) is 0 Å². The Morgan fingerprint density at radius 2 is 1.91 bits per heavy atom. The number of carbonyl (C=O) groups is 3. The number of fused-ring (bicyclic) bond motifs is 1. The number of benzene rings is 1. The maximum Gasteiger partial charge on any atom is 0.270 e. The highest BCUT2D eigenvalue weighted by atomic mass is 32.2. The number of aromatic nitrogens is 3. The molecule has 1 aliphatic carbocycles. The summed E-state index contributed by atoms with van der Waals surface area (Å²) in [5.74, 6) is 4.85. The molecule has 5 N–H and O–H groups in total. The lowest BCUT2D eigenvalue weighted by Crippen LogP contribution is -2.32. The molecule has 34 heavy (non-hydrogen) atoms. The number of nitrogens with zero attached hydrogens (tertiary/aromatic N) is 3. The van der Waals surface area contributed by atoms with Crippen molar-refractivity contribution in [3.8, 4) is 0 Å². The molecule has 0 aliphatic heterocycles. The van der Waals surface area contributed by atoms with E-state index >= 15 is 0 Å². The van der Waals surface area contributed by atoms with E-state index in [1.165, 1.54) is 22.0 Å². The van der Waals surface area contributed by atoms with Gasteiger partial charge in [0, 0.05) is 23.8 Å². The SMILES string of the molecule is CC(=O)Nc1sc2c(c1Cc1nnc(SCC(=O)NN)n1NC(=O)c1ccccc1)CCCC2. The van der Waals surface area contributed by atoms with Gasteiger partial charge in [0.2, 0.25) is 17.0 Å². The maximum atomic E-state index is 12.9. The molecule has 2 aromatic heterocycles. The van der Waals surface area contributed by atoms with Gasteiger partial charge in [-0.05, 0) is 48.9 Å². The van der Waals surface area contributed by atoms with Crippen molar-refractivity contribution >= 4 is 45.8 Å². The second kappa shape index (κ2) is 10.8. The molecule has 0 radical (unpaired) electrons. The molecule has 4 rings (SSSR count). The average molecular weight is 500 g/mol. The number of hydrazine groups is 1. The summed E-state index contributed by atoms with van der Waals surface area (Å²) in [6, 6.07) is 8.80. The van der Waals surface area contributed by atoms with E-state index in [1.54, 1.807) is 35.6 Å². The van der Waals surface area contributed by atoms with Crippen LogP contribution in [0.3, 0.4) is 0 Å². The summed E-state index contributed by atoms with van der Waals surface area (Å²) >= 11 is 2.71. The van der Waals surface area contributed by atoms with Crippen molar-refractivity contribution in [1.82, 2.24) is 20.3 Å². The van der Waals surface area contributed by atoms with Gasteiger partial charge in [0.1, 0.15) is 0 Å². The lowest BCUT2D eigenvalue weighted by Gasteiger charge is -2.15. The van der Waals surface area contributed by atoms with Gasteiger partial charge >= 0.3 is 0 Å². The first kappa shape index (κ1) is 23.9. The summed E-state index contributed by atoms with van der Waals surface area (Å²) < 4.78 is 1.51. The normalized spacial score (nSPS) is 12.6. The summed E-state index contributed by atoms with van der Waals surface area (Å²) in [5.41, 5.74) is 7.64. The van der Waals surface area contributed by atoms with Crippen molar-refractivity contribution in [1.29, 1.82) is 0 Å². The minimum atomic E-state index is -0.379. The molecular formula is C22H25N7O3S2. The molecule has 0 unspecified atom stereocenters. The minimum Gasteiger partial charge on any atom is -0.318 e. The van der Waals surface area contributed by atoms with Gasteiger partial charge < -0.3 is 5.32 Å². The van der Waals surface area contributed by atoms with Crippen LogP contribution in [0, 0.1) is 0 Å². The third-order valence-electron chi connectivity index (χ3n) is 5.35. The number of hydrogen-bond acceptors (Lipinski definition) is 8. The number of aryl methyl sites for hydroxylation is 1. The van der Waals surface area contributed by atoms with Gasteiger partial charge in [0.25, 0.3) is 5.91 Å². The summed E-state index contributed by atoms with van der Waals surface area (Å²) in [7, 11) is 0. The quantitative estimate of drug-likeness (QED) is 0.161. The first-order chi connectivity index (χ1) is 16.5. The number of amides is 3. The van der Waals surface area contributed by atoms with Gasteiger partial charge in [-0.2, -0.15) is 0 Å². The van der Waals surface area contributed by atoms with Crippen molar-refractivity contribution in [2.45, 2.75) is 44.2 Å². The molecule has 0 saturated heterocycles. The molecular weight excluding hydrogens is 474 g/mol. The number of carbonyl (C=O) groups excluding carboxylic acids is 3. The summed E-state index contributed by atoms with van der Waals surface area (Å²) in [4.78, 5) is 37.7. The number of nitrogens with one attached hydrogen (secondary N) is 3. The number of hydrogen-bond donors (Lipinski definition) is 4. The smallest absolute Gasteiger partial charge is 0.270 e. The standard InChI is InChI=1S/C22H25N7O3S2/c1-13(30)24-21-16(15-9-5-6-10-17(15)34-21)11-18-26-27-22(33-12-19(31)25-23)29(18)28-20(32)14-7-3-2-4-8-14/h2-4,7-8H,5-6,9-12,23H2,1H3,(H,24,30)(H,25,31)(H,28,32).